The molecule has 0 radical (unpaired) electrons. The van der Waals surface area contributed by atoms with Crippen LogP contribution in [0.2, 0.25) is 0 Å². The molecule has 3 N–H and O–H groups in total. The predicted molar refractivity (Wildman–Crippen MR) is 104 cm³/mol. The van der Waals surface area contributed by atoms with Gasteiger partial charge in [-0.15, -0.1) is 0 Å². The van der Waals surface area contributed by atoms with Crippen LogP contribution in [0.3, 0.4) is 0 Å². The molecule has 0 unspecified atom stereocenters. The Morgan fingerprint density at radius 2 is 2.18 bits per heavy atom. The molecule has 154 valence electrons. The van der Waals surface area contributed by atoms with Crippen molar-refractivity contribution in [1.82, 2.24) is 5.32 Å². The zero-order chi connectivity index (χ0) is 20.1. The van der Waals surface area contributed by atoms with E-state index in [1.54, 1.807) is 13.2 Å². The summed E-state index contributed by atoms with van der Waals surface area (Å²) in [6.45, 7) is 4.97. The molecule has 1 amide bonds. The number of hydrogen-bond donors (Lipinski definition) is 3. The molecule has 2 aliphatic carbocycles. The first-order valence-electron chi connectivity index (χ1n) is 10.2. The maximum atomic E-state index is 12.4. The highest BCUT2D eigenvalue weighted by atomic mass is 16.5. The number of rotatable bonds is 5. The van der Waals surface area contributed by atoms with Crippen LogP contribution in [0, 0.1) is 22.7 Å². The van der Waals surface area contributed by atoms with E-state index in [-0.39, 0.29) is 53.6 Å². The molecule has 3 fully saturated rings. The van der Waals surface area contributed by atoms with E-state index in [0.29, 0.717) is 18.3 Å². The van der Waals surface area contributed by atoms with Crippen molar-refractivity contribution in [3.8, 4) is 11.5 Å². The molecular weight excluding hydrogens is 358 g/mol. The van der Waals surface area contributed by atoms with Gasteiger partial charge < -0.3 is 25.0 Å². The third-order valence-electron chi connectivity index (χ3n) is 7.71. The Morgan fingerprint density at radius 1 is 1.39 bits per heavy atom. The van der Waals surface area contributed by atoms with E-state index in [1.165, 1.54) is 0 Å². The molecule has 5 atom stereocenters. The van der Waals surface area contributed by atoms with E-state index in [0.717, 1.165) is 24.8 Å². The fraction of sp³-hybridized carbons (Fsp3) is 0.682. The summed E-state index contributed by atoms with van der Waals surface area (Å²) in [7, 11) is 1.55. The van der Waals surface area contributed by atoms with E-state index >= 15 is 0 Å². The van der Waals surface area contributed by atoms with Crippen molar-refractivity contribution in [2.45, 2.75) is 51.7 Å². The van der Waals surface area contributed by atoms with E-state index < -0.39 is 0 Å². The van der Waals surface area contributed by atoms with Gasteiger partial charge in [0.05, 0.1) is 19.8 Å². The van der Waals surface area contributed by atoms with Crippen molar-refractivity contribution in [2.75, 3.05) is 20.3 Å². The van der Waals surface area contributed by atoms with E-state index in [4.69, 9.17) is 14.6 Å². The Hall–Kier alpha value is -1.79. The van der Waals surface area contributed by atoms with Gasteiger partial charge in [-0.1, -0.05) is 26.0 Å². The van der Waals surface area contributed by atoms with Gasteiger partial charge >= 0.3 is 0 Å². The van der Waals surface area contributed by atoms with E-state index in [9.17, 15) is 9.90 Å². The first kappa shape index (κ1) is 19.5. The third-order valence-corrected chi connectivity index (χ3v) is 7.71. The Labute approximate surface area is 166 Å². The molecule has 1 heterocycles. The smallest absolute Gasteiger partial charge is 0.222 e. The van der Waals surface area contributed by atoms with E-state index in [1.807, 2.05) is 12.1 Å². The van der Waals surface area contributed by atoms with Crippen molar-refractivity contribution in [3.63, 3.8) is 0 Å². The molecule has 3 aliphatic rings. The monoisotopic (exact) mass is 389 g/mol. The summed E-state index contributed by atoms with van der Waals surface area (Å²) in [5.41, 5.74) is 0.728. The number of benzene rings is 1. The number of para-hydroxylation sites is 1. The van der Waals surface area contributed by atoms with Gasteiger partial charge in [-0.25, -0.2) is 0 Å². The predicted octanol–water partition coefficient (Wildman–Crippen LogP) is 2.78. The van der Waals surface area contributed by atoms with Crippen LogP contribution in [-0.2, 0) is 9.53 Å². The molecule has 4 rings (SSSR count). The minimum atomic E-state index is -0.206. The quantitative estimate of drug-likeness (QED) is 0.721. The number of carbonyl (C=O) groups excluding carboxylic acids is 1. The van der Waals surface area contributed by atoms with Crippen molar-refractivity contribution < 1.29 is 24.5 Å². The molecule has 2 bridgehead atoms. The molecule has 1 aromatic carbocycles. The van der Waals surface area contributed by atoms with Crippen molar-refractivity contribution in [2.24, 2.45) is 22.7 Å². The Kier molecular flexibility index (Phi) is 4.82. The van der Waals surface area contributed by atoms with Crippen molar-refractivity contribution in [1.29, 1.82) is 0 Å². The average molecular weight is 389 g/mol. The molecule has 2 saturated carbocycles. The Morgan fingerprint density at radius 3 is 2.89 bits per heavy atom. The lowest BCUT2D eigenvalue weighted by Crippen LogP contribution is -2.59. The normalized spacial score (nSPS) is 35.4. The minimum Gasteiger partial charge on any atom is -0.504 e. The van der Waals surface area contributed by atoms with Crippen LogP contribution in [0.25, 0.3) is 0 Å². The van der Waals surface area contributed by atoms with Crippen LogP contribution in [-0.4, -0.2) is 42.5 Å². The van der Waals surface area contributed by atoms with Crippen molar-refractivity contribution in [3.05, 3.63) is 23.8 Å². The SMILES string of the molecule is COc1cccc([C@H]2OCC[C@@]34C[C@@H](C[C@H]23)C(C)(C)[C@H]4NC(=O)CCO)c1O. The minimum absolute atomic E-state index is 0.0000712. The fourth-order valence-electron chi connectivity index (χ4n) is 6.36. The summed E-state index contributed by atoms with van der Waals surface area (Å²) >= 11 is 0. The number of nitrogens with one attached hydrogen (secondary N) is 1. The van der Waals surface area contributed by atoms with Crippen LogP contribution < -0.4 is 10.1 Å². The van der Waals surface area contributed by atoms with Crippen LogP contribution >= 0.6 is 0 Å². The van der Waals surface area contributed by atoms with Gasteiger partial charge in [-0.3, -0.25) is 4.79 Å². The van der Waals surface area contributed by atoms with Gasteiger partial charge in [-0.05, 0) is 48.0 Å². The standard InChI is InChI=1S/C22H31NO5/c1-21(2)13-11-15-19(14-5-4-6-16(27-3)18(14)26)28-10-8-22(15,12-13)20(21)23-17(25)7-9-24/h4-6,13,15,19-20,24,26H,7-12H2,1-3H3,(H,23,25)/t13-,15-,19-,20-,22-/m1/s1. The number of aliphatic hydroxyl groups is 1. The van der Waals surface area contributed by atoms with Crippen LogP contribution in [0.1, 0.15) is 51.2 Å². The molecule has 0 aromatic heterocycles. The molecule has 28 heavy (non-hydrogen) atoms. The highest BCUT2D eigenvalue weighted by molar-refractivity contribution is 5.76. The second-order valence-electron chi connectivity index (χ2n) is 9.21. The topological polar surface area (TPSA) is 88.0 Å². The molecule has 1 aliphatic heterocycles. The summed E-state index contributed by atoms with van der Waals surface area (Å²) in [6, 6.07) is 5.59. The lowest BCUT2D eigenvalue weighted by molar-refractivity contribution is -0.138. The summed E-state index contributed by atoms with van der Waals surface area (Å²) in [5, 5.41) is 23.1. The number of aliphatic hydroxyl groups excluding tert-OH is 1. The molecule has 1 spiro atoms. The molecule has 6 nitrogen and oxygen atoms in total. The molecule has 6 heteroatoms. The number of carbonyl (C=O) groups is 1. The van der Waals surface area contributed by atoms with Crippen molar-refractivity contribution >= 4 is 5.91 Å². The third kappa shape index (κ3) is 2.72. The number of phenols is 1. The van der Waals surface area contributed by atoms with E-state index in [2.05, 4.69) is 19.2 Å². The lowest BCUT2D eigenvalue weighted by Gasteiger charge is -2.53. The highest BCUT2D eigenvalue weighted by Gasteiger charge is 2.68. The van der Waals surface area contributed by atoms with Crippen LogP contribution in [0.4, 0.5) is 0 Å². The molecular formula is C22H31NO5. The Bertz CT molecular complexity index is 763. The first-order valence-corrected chi connectivity index (χ1v) is 10.2. The second kappa shape index (κ2) is 6.92. The maximum Gasteiger partial charge on any atom is 0.222 e. The summed E-state index contributed by atoms with van der Waals surface area (Å²) in [5.74, 6) is 1.24. The van der Waals surface area contributed by atoms with Gasteiger partial charge in [0, 0.05) is 24.6 Å². The number of fused-ring (bicyclic) bond motifs is 1. The number of hydrogen-bond acceptors (Lipinski definition) is 5. The summed E-state index contributed by atoms with van der Waals surface area (Å²) in [4.78, 5) is 12.4. The number of amides is 1. The lowest BCUT2D eigenvalue weighted by atomic mass is 9.58. The summed E-state index contributed by atoms with van der Waals surface area (Å²) in [6.07, 6.45) is 2.93. The maximum absolute atomic E-state index is 12.4. The fourth-order valence-corrected chi connectivity index (χ4v) is 6.36. The number of aromatic hydroxyl groups is 1. The van der Waals surface area contributed by atoms with Crippen LogP contribution in [0.15, 0.2) is 18.2 Å². The van der Waals surface area contributed by atoms with Gasteiger partial charge in [0.2, 0.25) is 5.91 Å². The van der Waals surface area contributed by atoms with Crippen LogP contribution in [0.5, 0.6) is 11.5 Å². The van der Waals surface area contributed by atoms with Gasteiger partial charge in [0.15, 0.2) is 11.5 Å². The zero-order valence-electron chi connectivity index (χ0n) is 16.9. The van der Waals surface area contributed by atoms with Gasteiger partial charge in [-0.2, -0.15) is 0 Å². The van der Waals surface area contributed by atoms with Gasteiger partial charge in [0.1, 0.15) is 0 Å². The largest absolute Gasteiger partial charge is 0.504 e. The number of methoxy groups -OCH3 is 1. The number of phenolic OH excluding ortho intramolecular Hbond substituents is 1. The zero-order valence-corrected chi connectivity index (χ0v) is 16.9. The molecule has 1 saturated heterocycles. The first-order chi connectivity index (χ1) is 13.3. The van der Waals surface area contributed by atoms with Gasteiger partial charge in [0.25, 0.3) is 0 Å². The highest BCUT2D eigenvalue weighted by Crippen LogP contribution is 2.70. The average Bonchev–Trinajstić information content (AvgIpc) is 3.15. The molecule has 1 aromatic rings. The number of ether oxygens (including phenoxy) is 2. The second-order valence-corrected chi connectivity index (χ2v) is 9.21. The summed E-state index contributed by atoms with van der Waals surface area (Å²) < 4.78 is 11.5. The Balaban J connectivity index is 1.69.